The van der Waals surface area contributed by atoms with Crippen LogP contribution in [0.25, 0.3) is 10.4 Å². The summed E-state index contributed by atoms with van der Waals surface area (Å²) in [6.07, 6.45) is -10.3. The van der Waals surface area contributed by atoms with Gasteiger partial charge in [-0.15, -0.1) is 0 Å². The molecule has 0 radical (unpaired) electrons. The van der Waals surface area contributed by atoms with Gasteiger partial charge in [0.25, 0.3) is 0 Å². The van der Waals surface area contributed by atoms with Crippen molar-refractivity contribution in [1.29, 1.82) is 0 Å². The molecule has 0 aliphatic carbocycles. The van der Waals surface area contributed by atoms with Crippen molar-refractivity contribution in [3.05, 3.63) is 82.2 Å². The first-order valence-corrected chi connectivity index (χ1v) is 16.6. The number of nitrogens with zero attached hydrogens (tertiary/aromatic N) is 4. The number of aliphatic hydroxyl groups excluding tert-OH is 1. The zero-order valence-corrected chi connectivity index (χ0v) is 29.5. The van der Waals surface area contributed by atoms with E-state index in [-0.39, 0.29) is 19.8 Å². The molecular weight excluding hydrogens is 684 g/mol. The third kappa shape index (κ3) is 10.9. The fraction of sp³-hybridized carbons (Fsp3) is 0.543. The summed E-state index contributed by atoms with van der Waals surface area (Å²) in [4.78, 5) is 53.1. The van der Waals surface area contributed by atoms with E-state index < -0.39 is 91.8 Å². The van der Waals surface area contributed by atoms with Crippen molar-refractivity contribution in [3.8, 4) is 0 Å². The molecule has 2 aromatic carbocycles. The summed E-state index contributed by atoms with van der Waals surface area (Å²) in [5.74, 6) is -2.78. The summed E-state index contributed by atoms with van der Waals surface area (Å²) in [6.45, 7) is 5.76. The molecule has 2 fully saturated rings. The van der Waals surface area contributed by atoms with Gasteiger partial charge >= 0.3 is 18.0 Å². The van der Waals surface area contributed by atoms with Crippen LogP contribution in [0.4, 0.5) is 4.79 Å². The molecule has 0 saturated carbocycles. The predicted octanol–water partition coefficient (Wildman–Crippen LogP) is 3.76. The molecule has 0 aromatic heterocycles. The Balaban J connectivity index is 1.55. The molecule has 0 bridgehead atoms. The lowest BCUT2D eigenvalue weighted by atomic mass is 9.88. The fourth-order valence-electron chi connectivity index (χ4n) is 5.76. The van der Waals surface area contributed by atoms with Gasteiger partial charge in [-0.2, -0.15) is 0 Å². The number of benzene rings is 2. The molecule has 2 saturated heterocycles. The number of hydrogen-bond donors (Lipinski definition) is 1. The monoisotopic (exact) mass is 728 g/mol. The Morgan fingerprint density at radius 2 is 1.46 bits per heavy atom. The van der Waals surface area contributed by atoms with E-state index in [0.29, 0.717) is 10.5 Å². The first-order chi connectivity index (χ1) is 24.9. The van der Waals surface area contributed by atoms with E-state index in [1.165, 1.54) is 13.8 Å². The van der Waals surface area contributed by atoms with E-state index >= 15 is 0 Å². The summed E-state index contributed by atoms with van der Waals surface area (Å²) >= 11 is 0. The Morgan fingerprint density at radius 1 is 0.827 bits per heavy atom. The Hall–Kier alpha value is -4.61. The van der Waals surface area contributed by atoms with Gasteiger partial charge in [0.05, 0.1) is 24.9 Å². The highest BCUT2D eigenvalue weighted by Crippen LogP contribution is 2.36. The standard InChI is InChI=1S/C35H44N4O13/c1-20-28(37-38-36)33(48-19-39(22(3)40)35(44)47-17-26-14-10-7-11-15-26)51-27(18-45-23(4)41)30(20)52-34-32(50-24(5)42)31(29(43)21(2)49-34)46-16-25-12-8-6-9-13-25/h6-15,20-21,27-34,43H,16-19H2,1-5H3/t20-,21?,27?,28?,29+,30-,31-,32?,33-,34+/m1/s1. The molecule has 282 valence electrons. The molecule has 2 aliphatic rings. The summed E-state index contributed by atoms with van der Waals surface area (Å²) in [7, 11) is 0. The molecule has 2 aliphatic heterocycles. The van der Waals surface area contributed by atoms with Crippen LogP contribution in [0.1, 0.15) is 45.7 Å². The largest absolute Gasteiger partial charge is 0.463 e. The summed E-state index contributed by atoms with van der Waals surface area (Å²) in [5, 5.41) is 14.9. The van der Waals surface area contributed by atoms with E-state index in [4.69, 9.17) is 37.9 Å². The third-order valence-corrected chi connectivity index (χ3v) is 8.46. The van der Waals surface area contributed by atoms with Crippen molar-refractivity contribution in [2.75, 3.05) is 13.3 Å². The van der Waals surface area contributed by atoms with E-state index in [9.17, 15) is 29.8 Å². The Labute approximate surface area is 300 Å². The average molecular weight is 729 g/mol. The normalized spacial score (nSPS) is 28.5. The number of carbonyl (C=O) groups is 4. The van der Waals surface area contributed by atoms with E-state index in [0.717, 1.165) is 12.5 Å². The van der Waals surface area contributed by atoms with Gasteiger partial charge in [-0.25, -0.2) is 9.69 Å². The highest BCUT2D eigenvalue weighted by atomic mass is 16.7. The first-order valence-electron chi connectivity index (χ1n) is 16.6. The Morgan fingerprint density at radius 3 is 2.04 bits per heavy atom. The van der Waals surface area contributed by atoms with Crippen LogP contribution in [0.5, 0.6) is 0 Å². The smallest absolute Gasteiger partial charge is 0.418 e. The molecule has 0 spiro atoms. The molecule has 2 aromatic rings. The van der Waals surface area contributed by atoms with Crippen LogP contribution >= 0.6 is 0 Å². The van der Waals surface area contributed by atoms with Gasteiger partial charge in [0.1, 0.15) is 38.3 Å². The van der Waals surface area contributed by atoms with Gasteiger partial charge in [0.15, 0.2) is 18.7 Å². The molecule has 17 heteroatoms. The van der Waals surface area contributed by atoms with E-state index in [1.807, 2.05) is 30.3 Å². The van der Waals surface area contributed by atoms with Gasteiger partial charge in [-0.1, -0.05) is 72.7 Å². The molecule has 2 amide bonds. The van der Waals surface area contributed by atoms with E-state index in [1.54, 1.807) is 44.2 Å². The van der Waals surface area contributed by atoms with Crippen LogP contribution in [0, 0.1) is 5.92 Å². The number of esters is 2. The topological polar surface area (TPSA) is 214 Å². The van der Waals surface area contributed by atoms with Crippen LogP contribution < -0.4 is 0 Å². The number of rotatable bonds is 14. The number of aliphatic hydroxyl groups is 1. The third-order valence-electron chi connectivity index (χ3n) is 8.46. The number of azide groups is 1. The number of hydrogen-bond acceptors (Lipinski definition) is 14. The minimum absolute atomic E-state index is 0.0762. The van der Waals surface area contributed by atoms with Crippen molar-refractivity contribution in [2.24, 2.45) is 11.0 Å². The van der Waals surface area contributed by atoms with Crippen molar-refractivity contribution < 1.29 is 62.2 Å². The molecular formula is C35H44N4O13. The molecule has 17 nitrogen and oxygen atoms in total. The van der Waals surface area contributed by atoms with Gasteiger partial charge < -0.3 is 43.0 Å². The Bertz CT molecular complexity index is 1540. The summed E-state index contributed by atoms with van der Waals surface area (Å²) in [6, 6.07) is 16.9. The van der Waals surface area contributed by atoms with Crippen LogP contribution in [0.3, 0.4) is 0 Å². The second-order valence-corrected chi connectivity index (χ2v) is 12.3. The molecule has 52 heavy (non-hydrogen) atoms. The van der Waals surface area contributed by atoms with Crippen molar-refractivity contribution >= 4 is 23.9 Å². The number of carbonyl (C=O) groups excluding carboxylic acids is 4. The van der Waals surface area contributed by atoms with Crippen LogP contribution in [-0.4, -0.2) is 103 Å². The van der Waals surface area contributed by atoms with Crippen LogP contribution in [-0.2, 0) is 65.5 Å². The van der Waals surface area contributed by atoms with Crippen LogP contribution in [0.2, 0.25) is 0 Å². The molecule has 4 rings (SSSR count). The molecule has 2 heterocycles. The highest BCUT2D eigenvalue weighted by molar-refractivity contribution is 5.90. The van der Waals surface area contributed by atoms with E-state index in [2.05, 4.69) is 10.0 Å². The van der Waals surface area contributed by atoms with Gasteiger partial charge in [0.2, 0.25) is 5.91 Å². The zero-order chi connectivity index (χ0) is 37.8. The SMILES string of the molecule is CC(=O)OCC1O[C@@H](OCN(C(C)=O)C(=O)OCc2ccccc2)C(N=[N+]=[N-])[C@@H](C)[C@H]1O[C@@H]1OC(C)[C@H](O)[C@@H](OCc2ccccc2)C1OC(C)=O. The number of ether oxygens (including phenoxy) is 8. The first kappa shape index (κ1) is 40.2. The van der Waals surface area contributed by atoms with Gasteiger partial charge in [-0.3, -0.25) is 14.4 Å². The lowest BCUT2D eigenvalue weighted by Gasteiger charge is -2.48. The van der Waals surface area contributed by atoms with Gasteiger partial charge in [0, 0.05) is 25.7 Å². The van der Waals surface area contributed by atoms with Crippen molar-refractivity contribution in [2.45, 2.75) is 103 Å². The lowest BCUT2D eigenvalue weighted by Crippen LogP contribution is -2.63. The summed E-state index contributed by atoms with van der Waals surface area (Å²) in [5.41, 5.74) is 11.0. The maximum Gasteiger partial charge on any atom is 0.418 e. The van der Waals surface area contributed by atoms with Crippen LogP contribution in [0.15, 0.2) is 65.8 Å². The quantitative estimate of drug-likeness (QED) is 0.0734. The summed E-state index contributed by atoms with van der Waals surface area (Å²) < 4.78 is 46.7. The lowest BCUT2D eigenvalue weighted by molar-refractivity contribution is -0.343. The predicted molar refractivity (Wildman–Crippen MR) is 178 cm³/mol. The Kier molecular flexibility index (Phi) is 14.9. The second-order valence-electron chi connectivity index (χ2n) is 12.3. The van der Waals surface area contributed by atoms with Crippen molar-refractivity contribution in [1.82, 2.24) is 4.90 Å². The fourth-order valence-corrected chi connectivity index (χ4v) is 5.76. The highest BCUT2D eigenvalue weighted by Gasteiger charge is 2.52. The number of imide groups is 1. The van der Waals surface area contributed by atoms with Gasteiger partial charge in [-0.05, 0) is 29.5 Å². The second kappa shape index (κ2) is 19.3. The maximum absolute atomic E-state index is 12.9. The minimum Gasteiger partial charge on any atom is -0.463 e. The number of amides is 2. The minimum atomic E-state index is -1.37. The average Bonchev–Trinajstić information content (AvgIpc) is 3.11. The zero-order valence-electron chi connectivity index (χ0n) is 29.5. The molecule has 10 atom stereocenters. The molecule has 4 unspecified atom stereocenters. The molecule has 1 N–H and O–H groups in total. The maximum atomic E-state index is 12.9. The van der Waals surface area contributed by atoms with Crippen molar-refractivity contribution in [3.63, 3.8) is 0 Å².